The third-order valence-corrected chi connectivity index (χ3v) is 2.63. The van der Waals surface area contributed by atoms with Crippen LogP contribution in [0.5, 0.6) is 0 Å². The van der Waals surface area contributed by atoms with Gasteiger partial charge in [-0.15, -0.1) is 0 Å². The molecule has 4 heteroatoms. The van der Waals surface area contributed by atoms with Gasteiger partial charge in [0.1, 0.15) is 5.82 Å². The maximum atomic E-state index is 5.86. The van der Waals surface area contributed by atoms with E-state index in [9.17, 15) is 0 Å². The fraction of sp³-hybridized carbons (Fsp3) is 0.400. The number of rotatable bonds is 2. The molecule has 0 bridgehead atoms. The zero-order chi connectivity index (χ0) is 9.54. The minimum Gasteiger partial charge on any atom is -0.384 e. The van der Waals surface area contributed by atoms with Crippen molar-refractivity contribution in [3.8, 4) is 0 Å². The van der Waals surface area contributed by atoms with Gasteiger partial charge in [-0.25, -0.2) is 4.98 Å². The molecule has 14 heavy (non-hydrogen) atoms. The number of aromatic nitrogens is 3. The fourth-order valence-electron chi connectivity index (χ4n) is 1.71. The summed E-state index contributed by atoms with van der Waals surface area (Å²) in [6.45, 7) is 0. The van der Waals surface area contributed by atoms with Crippen LogP contribution in [-0.2, 0) is 6.42 Å². The second kappa shape index (κ2) is 2.70. The lowest BCUT2D eigenvalue weighted by Gasteiger charge is -2.02. The first-order chi connectivity index (χ1) is 6.83. The summed E-state index contributed by atoms with van der Waals surface area (Å²) in [7, 11) is 0. The molecular weight excluding hydrogens is 176 g/mol. The molecule has 0 unspecified atom stereocenters. The van der Waals surface area contributed by atoms with Gasteiger partial charge in [0.25, 0.3) is 0 Å². The summed E-state index contributed by atoms with van der Waals surface area (Å²) in [6, 6.07) is 3.81. The van der Waals surface area contributed by atoms with E-state index in [1.807, 2.05) is 12.1 Å². The Morgan fingerprint density at radius 3 is 3.14 bits per heavy atom. The molecule has 72 valence electrons. The molecule has 1 aliphatic carbocycles. The van der Waals surface area contributed by atoms with Gasteiger partial charge in [0, 0.05) is 17.8 Å². The van der Waals surface area contributed by atoms with Crippen LogP contribution in [-0.4, -0.2) is 14.6 Å². The van der Waals surface area contributed by atoms with Crippen LogP contribution in [0.15, 0.2) is 18.3 Å². The lowest BCUT2D eigenvalue weighted by molar-refractivity contribution is 0.798. The minimum absolute atomic E-state index is 0.677. The quantitative estimate of drug-likeness (QED) is 0.772. The van der Waals surface area contributed by atoms with Crippen LogP contribution in [0.25, 0.3) is 5.65 Å². The molecule has 0 spiro atoms. The van der Waals surface area contributed by atoms with E-state index in [1.54, 1.807) is 10.7 Å². The molecule has 0 aliphatic heterocycles. The molecule has 0 saturated heterocycles. The molecule has 2 N–H and O–H groups in total. The Kier molecular flexibility index (Phi) is 1.50. The van der Waals surface area contributed by atoms with E-state index in [0.29, 0.717) is 5.82 Å². The summed E-state index contributed by atoms with van der Waals surface area (Å²) in [5.74, 6) is 1.52. The Bertz CT molecular complexity index is 470. The number of hydrogen-bond donors (Lipinski definition) is 1. The van der Waals surface area contributed by atoms with Crippen LogP contribution in [0.3, 0.4) is 0 Å². The summed E-state index contributed by atoms with van der Waals surface area (Å²) < 4.78 is 1.66. The largest absolute Gasteiger partial charge is 0.384 e. The first-order valence-electron chi connectivity index (χ1n) is 4.92. The molecule has 1 aliphatic rings. The van der Waals surface area contributed by atoms with E-state index in [2.05, 4.69) is 10.1 Å². The molecule has 1 saturated carbocycles. The first kappa shape index (κ1) is 7.79. The Morgan fingerprint density at radius 1 is 1.50 bits per heavy atom. The molecule has 2 aromatic heterocycles. The second-order valence-electron chi connectivity index (χ2n) is 3.92. The highest BCUT2D eigenvalue weighted by Gasteiger charge is 2.22. The highest BCUT2D eigenvalue weighted by molar-refractivity contribution is 5.46. The van der Waals surface area contributed by atoms with Crippen LogP contribution in [0.2, 0.25) is 0 Å². The third-order valence-electron chi connectivity index (χ3n) is 2.63. The van der Waals surface area contributed by atoms with E-state index in [0.717, 1.165) is 23.7 Å². The lowest BCUT2D eigenvalue weighted by Crippen LogP contribution is -2.03. The molecule has 4 nitrogen and oxygen atoms in total. The Morgan fingerprint density at radius 2 is 2.36 bits per heavy atom. The van der Waals surface area contributed by atoms with Crippen molar-refractivity contribution in [2.24, 2.45) is 5.92 Å². The maximum absolute atomic E-state index is 5.86. The van der Waals surface area contributed by atoms with Crippen LogP contribution >= 0.6 is 0 Å². The number of nitrogens with two attached hydrogens (primary N) is 1. The van der Waals surface area contributed by atoms with E-state index in [4.69, 9.17) is 5.73 Å². The number of nitrogens with zero attached hydrogens (tertiary/aromatic N) is 3. The van der Waals surface area contributed by atoms with E-state index >= 15 is 0 Å². The molecule has 0 atom stereocenters. The van der Waals surface area contributed by atoms with Crippen molar-refractivity contribution in [3.05, 3.63) is 24.0 Å². The number of fused-ring (bicyclic) bond motifs is 1. The molecular formula is C10H12N4. The Hall–Kier alpha value is -1.58. The number of anilines is 1. The van der Waals surface area contributed by atoms with Crippen LogP contribution in [0, 0.1) is 5.92 Å². The Balaban J connectivity index is 2.06. The van der Waals surface area contributed by atoms with E-state index < -0.39 is 0 Å². The SMILES string of the molecule is Nc1cc(CC2CC2)nc2ccnn12. The predicted octanol–water partition coefficient (Wildman–Crippen LogP) is 1.26. The monoisotopic (exact) mass is 188 g/mol. The smallest absolute Gasteiger partial charge is 0.157 e. The van der Waals surface area contributed by atoms with Crippen LogP contribution < -0.4 is 5.73 Å². The molecule has 0 aromatic carbocycles. The zero-order valence-electron chi connectivity index (χ0n) is 7.85. The van der Waals surface area contributed by atoms with Gasteiger partial charge in [-0.2, -0.15) is 9.61 Å². The predicted molar refractivity (Wildman–Crippen MR) is 53.8 cm³/mol. The van der Waals surface area contributed by atoms with Crippen molar-refractivity contribution in [2.75, 3.05) is 5.73 Å². The molecule has 2 aromatic rings. The summed E-state index contributed by atoms with van der Waals surface area (Å²) in [5, 5.41) is 4.08. The lowest BCUT2D eigenvalue weighted by atomic mass is 10.2. The maximum Gasteiger partial charge on any atom is 0.157 e. The first-order valence-corrected chi connectivity index (χ1v) is 4.92. The van der Waals surface area contributed by atoms with Gasteiger partial charge in [-0.05, 0) is 25.2 Å². The summed E-state index contributed by atoms with van der Waals surface area (Å²) in [5.41, 5.74) is 7.80. The highest BCUT2D eigenvalue weighted by Crippen LogP contribution is 2.32. The zero-order valence-corrected chi connectivity index (χ0v) is 7.85. The van der Waals surface area contributed by atoms with Gasteiger partial charge in [-0.3, -0.25) is 0 Å². The summed E-state index contributed by atoms with van der Waals surface area (Å²) in [6.07, 6.45) is 5.46. The molecule has 2 heterocycles. The van der Waals surface area contributed by atoms with Gasteiger partial charge in [-0.1, -0.05) is 0 Å². The van der Waals surface area contributed by atoms with Gasteiger partial charge in [0.2, 0.25) is 0 Å². The molecule has 0 amide bonds. The Labute approximate surface area is 81.8 Å². The normalized spacial score (nSPS) is 16.3. The second-order valence-corrected chi connectivity index (χ2v) is 3.92. The van der Waals surface area contributed by atoms with Crippen LogP contribution in [0.4, 0.5) is 5.82 Å². The molecule has 3 rings (SSSR count). The standard InChI is InChI=1S/C10H12N4/c11-9-6-8(5-7-1-2-7)13-10-3-4-12-14(9)10/h3-4,6-7H,1-2,5,11H2. The van der Waals surface area contributed by atoms with Crippen molar-refractivity contribution in [1.29, 1.82) is 0 Å². The average Bonchev–Trinajstić information content (AvgIpc) is 2.82. The third kappa shape index (κ3) is 1.23. The van der Waals surface area contributed by atoms with E-state index in [1.165, 1.54) is 12.8 Å². The van der Waals surface area contributed by atoms with Gasteiger partial charge >= 0.3 is 0 Å². The van der Waals surface area contributed by atoms with Crippen molar-refractivity contribution in [2.45, 2.75) is 19.3 Å². The van der Waals surface area contributed by atoms with Crippen molar-refractivity contribution < 1.29 is 0 Å². The number of nitrogen functional groups attached to an aromatic ring is 1. The van der Waals surface area contributed by atoms with Crippen LogP contribution in [0.1, 0.15) is 18.5 Å². The number of hydrogen-bond acceptors (Lipinski definition) is 3. The highest BCUT2D eigenvalue weighted by atomic mass is 15.3. The van der Waals surface area contributed by atoms with Crippen molar-refractivity contribution in [3.63, 3.8) is 0 Å². The minimum atomic E-state index is 0.677. The van der Waals surface area contributed by atoms with Gasteiger partial charge < -0.3 is 5.73 Å². The van der Waals surface area contributed by atoms with Crippen molar-refractivity contribution in [1.82, 2.24) is 14.6 Å². The fourth-order valence-corrected chi connectivity index (χ4v) is 1.71. The van der Waals surface area contributed by atoms with E-state index in [-0.39, 0.29) is 0 Å². The topological polar surface area (TPSA) is 56.2 Å². The van der Waals surface area contributed by atoms with Gasteiger partial charge in [0.15, 0.2) is 5.65 Å². The summed E-state index contributed by atoms with van der Waals surface area (Å²) >= 11 is 0. The van der Waals surface area contributed by atoms with Gasteiger partial charge in [0.05, 0.1) is 6.20 Å². The average molecular weight is 188 g/mol. The summed E-state index contributed by atoms with van der Waals surface area (Å²) in [4.78, 5) is 4.50. The molecule has 1 fully saturated rings. The van der Waals surface area contributed by atoms with Crippen molar-refractivity contribution >= 4 is 11.5 Å². The molecule has 0 radical (unpaired) electrons.